The highest BCUT2D eigenvalue weighted by atomic mass is 35.5. The number of alkyl halides is 2. The molecule has 1 aromatic rings. The monoisotopic (exact) mass is 525 g/mol. The van der Waals surface area contributed by atoms with E-state index in [0.717, 1.165) is 16.9 Å². The third kappa shape index (κ3) is 3.67. The Morgan fingerprint density at radius 2 is 1.89 bits per heavy atom. The number of esters is 1. The maximum absolute atomic E-state index is 14.1. The van der Waals surface area contributed by atoms with Gasteiger partial charge in [-0.1, -0.05) is 67.4 Å². The van der Waals surface area contributed by atoms with Gasteiger partial charge in [0.2, 0.25) is 10.8 Å². The lowest BCUT2D eigenvalue weighted by Gasteiger charge is -2.42. The molecule has 0 radical (unpaired) electrons. The summed E-state index contributed by atoms with van der Waals surface area (Å²) in [6.45, 7) is 3.97. The summed E-state index contributed by atoms with van der Waals surface area (Å²) in [6.07, 6.45) is -0.564. The molecule has 2 amide bonds. The van der Waals surface area contributed by atoms with Gasteiger partial charge in [0.25, 0.3) is 0 Å². The highest BCUT2D eigenvalue weighted by molar-refractivity contribution is 6.36. The van der Waals surface area contributed by atoms with Crippen LogP contribution in [0.25, 0.3) is 0 Å². The number of hydrogen-bond acceptors (Lipinski definition) is 7. The molecule has 4 fully saturated rings. The first kappa shape index (κ1) is 24.8. The first-order valence-electron chi connectivity index (χ1n) is 11.9. The minimum absolute atomic E-state index is 0.0603. The first-order valence-corrected chi connectivity index (χ1v) is 12.7. The molecule has 35 heavy (non-hydrogen) atoms. The van der Waals surface area contributed by atoms with E-state index in [1.54, 1.807) is 0 Å². The molecule has 2 saturated carbocycles. The van der Waals surface area contributed by atoms with Crippen molar-refractivity contribution in [3.63, 3.8) is 0 Å². The average Bonchev–Trinajstić information content (AvgIpc) is 3.36. The zero-order valence-corrected chi connectivity index (χ0v) is 21.2. The SMILES string of the molecule is CC1(C)[C@@H]2CC[C@@]13C(=O)N1C(=O)O[C@H]([C@H]1Cl)C(Cl)(COCc1ccccc1)C(=O)OCCO[C@H]3C2. The van der Waals surface area contributed by atoms with Gasteiger partial charge in [0, 0.05) is 0 Å². The molecule has 2 saturated heterocycles. The fourth-order valence-electron chi connectivity index (χ4n) is 6.40. The van der Waals surface area contributed by atoms with Gasteiger partial charge in [-0.2, -0.15) is 0 Å². The molecule has 1 spiro atoms. The van der Waals surface area contributed by atoms with E-state index >= 15 is 0 Å². The number of imide groups is 1. The summed E-state index contributed by atoms with van der Waals surface area (Å²) in [4.78, 5) is 39.2. The van der Waals surface area contributed by atoms with Crippen LogP contribution in [-0.4, -0.2) is 65.3 Å². The Labute approximate surface area is 214 Å². The molecule has 1 unspecified atom stereocenters. The normalized spacial score (nSPS) is 38.4. The Morgan fingerprint density at radius 3 is 2.60 bits per heavy atom. The molecule has 4 aliphatic rings. The van der Waals surface area contributed by atoms with Gasteiger partial charge < -0.3 is 18.9 Å². The number of cyclic esters (lactones) is 1. The van der Waals surface area contributed by atoms with Crippen LogP contribution in [0.2, 0.25) is 0 Å². The van der Waals surface area contributed by atoms with Crippen LogP contribution in [-0.2, 0) is 35.1 Å². The van der Waals surface area contributed by atoms with Crippen molar-refractivity contribution in [2.75, 3.05) is 19.8 Å². The molecule has 2 heterocycles. The minimum atomic E-state index is -1.95. The van der Waals surface area contributed by atoms with Crippen LogP contribution in [0.5, 0.6) is 0 Å². The zero-order valence-electron chi connectivity index (χ0n) is 19.7. The van der Waals surface area contributed by atoms with Crippen LogP contribution in [0.4, 0.5) is 4.79 Å². The predicted octanol–water partition coefficient (Wildman–Crippen LogP) is 3.86. The van der Waals surface area contributed by atoms with Gasteiger partial charge in [-0.3, -0.25) is 4.79 Å². The fraction of sp³-hybridized carbons (Fsp3) is 0.640. The molecule has 8 nitrogen and oxygen atoms in total. The van der Waals surface area contributed by atoms with Gasteiger partial charge in [-0.05, 0) is 36.2 Å². The Bertz CT molecular complexity index is 1020. The highest BCUT2D eigenvalue weighted by Gasteiger charge is 2.72. The van der Waals surface area contributed by atoms with Gasteiger partial charge in [-0.25, -0.2) is 14.5 Å². The minimum Gasteiger partial charge on any atom is -0.462 e. The molecule has 2 aliphatic carbocycles. The summed E-state index contributed by atoms with van der Waals surface area (Å²) in [5, 5.41) is 0. The van der Waals surface area contributed by atoms with Crippen molar-refractivity contribution < 1.29 is 33.3 Å². The van der Waals surface area contributed by atoms with E-state index in [9.17, 15) is 14.4 Å². The number of amides is 2. The van der Waals surface area contributed by atoms with E-state index in [-0.39, 0.29) is 32.3 Å². The lowest BCUT2D eigenvalue weighted by Crippen LogP contribution is -2.58. The summed E-state index contributed by atoms with van der Waals surface area (Å²) in [5.41, 5.74) is -1.78. The second-order valence-corrected chi connectivity index (χ2v) is 11.5. The van der Waals surface area contributed by atoms with Crippen molar-refractivity contribution in [1.29, 1.82) is 0 Å². The van der Waals surface area contributed by atoms with Gasteiger partial charge in [0.05, 0.1) is 31.3 Å². The summed E-state index contributed by atoms with van der Waals surface area (Å²) < 4.78 is 22.8. The van der Waals surface area contributed by atoms with Crippen molar-refractivity contribution in [2.45, 2.75) is 62.3 Å². The molecule has 0 aromatic heterocycles. The molecule has 6 atom stereocenters. The number of halogens is 2. The molecule has 1 aromatic carbocycles. The standard InChI is InChI=1S/C25H29Cl2NO7/c1-23(2)16-8-9-24(23)17(12-16)33-10-11-34-21(30)25(27,14-32-13-15-6-4-3-5-7-15)18-19(26)28(20(24)29)22(31)35-18/h3-7,16-19H,8-14H2,1-2H3/t16-,17+,18-,19+,24-,25?/m1/s1. The number of hydrogen-bond donors (Lipinski definition) is 0. The van der Waals surface area contributed by atoms with Crippen LogP contribution in [0, 0.1) is 16.7 Å². The fourth-order valence-corrected chi connectivity index (χ4v) is 7.20. The van der Waals surface area contributed by atoms with Gasteiger partial charge in [0.1, 0.15) is 6.61 Å². The second-order valence-electron chi connectivity index (χ2n) is 10.4. The van der Waals surface area contributed by atoms with Crippen molar-refractivity contribution in [2.24, 2.45) is 16.7 Å². The molecule has 4 bridgehead atoms. The number of fused-ring (bicyclic) bond motifs is 3. The molecular formula is C25H29Cl2NO7. The third-order valence-corrected chi connectivity index (χ3v) is 9.38. The molecule has 2 aliphatic heterocycles. The van der Waals surface area contributed by atoms with E-state index in [1.807, 2.05) is 44.2 Å². The van der Waals surface area contributed by atoms with Crippen molar-refractivity contribution in [3.8, 4) is 0 Å². The van der Waals surface area contributed by atoms with Crippen LogP contribution in [0.15, 0.2) is 30.3 Å². The van der Waals surface area contributed by atoms with E-state index in [0.29, 0.717) is 12.8 Å². The van der Waals surface area contributed by atoms with Crippen LogP contribution in [0.3, 0.4) is 0 Å². The molecule has 190 valence electrons. The largest absolute Gasteiger partial charge is 0.462 e. The molecule has 10 heteroatoms. The highest BCUT2D eigenvalue weighted by Crippen LogP contribution is 2.67. The number of rotatable bonds is 4. The number of carbonyl (C=O) groups is 3. The van der Waals surface area contributed by atoms with Crippen molar-refractivity contribution >= 4 is 41.2 Å². The molecule has 5 rings (SSSR count). The van der Waals surface area contributed by atoms with E-state index in [4.69, 9.17) is 42.1 Å². The molecule has 0 N–H and O–H groups in total. The number of carbonyl (C=O) groups excluding carboxylic acids is 3. The number of nitrogens with zero attached hydrogens (tertiary/aromatic N) is 1. The quantitative estimate of drug-likeness (QED) is 0.334. The van der Waals surface area contributed by atoms with Crippen LogP contribution >= 0.6 is 23.2 Å². The summed E-state index contributed by atoms with van der Waals surface area (Å²) in [7, 11) is 0. The number of benzene rings is 1. The Balaban J connectivity index is 1.46. The first-order chi connectivity index (χ1) is 16.6. The summed E-state index contributed by atoms with van der Waals surface area (Å²) in [5.74, 6) is -1.01. The Kier molecular flexibility index (Phi) is 6.31. The lowest BCUT2D eigenvalue weighted by atomic mass is 9.67. The van der Waals surface area contributed by atoms with E-state index in [1.165, 1.54) is 0 Å². The number of ether oxygens (including phenoxy) is 4. The van der Waals surface area contributed by atoms with E-state index < -0.39 is 51.4 Å². The van der Waals surface area contributed by atoms with E-state index in [2.05, 4.69) is 0 Å². The maximum Gasteiger partial charge on any atom is 0.418 e. The zero-order chi connectivity index (χ0) is 25.0. The Morgan fingerprint density at radius 1 is 1.14 bits per heavy atom. The molecular weight excluding hydrogens is 497 g/mol. The Hall–Kier alpha value is -1.87. The predicted molar refractivity (Wildman–Crippen MR) is 126 cm³/mol. The lowest BCUT2D eigenvalue weighted by molar-refractivity contribution is -0.164. The smallest absolute Gasteiger partial charge is 0.418 e. The second kappa shape index (κ2) is 8.91. The maximum atomic E-state index is 14.1. The summed E-state index contributed by atoms with van der Waals surface area (Å²) in [6, 6.07) is 9.34. The van der Waals surface area contributed by atoms with Crippen molar-refractivity contribution in [1.82, 2.24) is 4.90 Å². The van der Waals surface area contributed by atoms with Crippen LogP contribution in [0.1, 0.15) is 38.7 Å². The van der Waals surface area contributed by atoms with Gasteiger partial charge >= 0.3 is 12.1 Å². The van der Waals surface area contributed by atoms with Crippen LogP contribution < -0.4 is 0 Å². The van der Waals surface area contributed by atoms with Gasteiger partial charge in [0.15, 0.2) is 11.6 Å². The van der Waals surface area contributed by atoms with Crippen molar-refractivity contribution in [3.05, 3.63) is 35.9 Å². The average molecular weight is 526 g/mol. The third-order valence-electron chi connectivity index (χ3n) is 8.48. The topological polar surface area (TPSA) is 91.4 Å². The summed E-state index contributed by atoms with van der Waals surface area (Å²) >= 11 is 13.5. The van der Waals surface area contributed by atoms with Gasteiger partial charge in [-0.15, -0.1) is 0 Å².